The molecule has 0 spiro atoms. The van der Waals surface area contributed by atoms with Gasteiger partial charge in [-0.25, -0.2) is 4.48 Å². The molecule has 0 radical (unpaired) electrons. The van der Waals surface area contributed by atoms with Crippen LogP contribution in [0.15, 0.2) is 0 Å². The Morgan fingerprint density at radius 3 is 1.57 bits per heavy atom. The molecular weight excluding hydrogens is 94.0 g/mol. The van der Waals surface area contributed by atoms with Crippen LogP contribution in [0.4, 0.5) is 4.79 Å². The van der Waals surface area contributed by atoms with Gasteiger partial charge in [0, 0.05) is 0 Å². The Kier molecular flexibility index (Phi) is 1.38. The van der Waals surface area contributed by atoms with Crippen LogP contribution in [0, 0.1) is 0 Å². The molecule has 0 aliphatic rings. The average Bonchev–Trinajstić information content (AvgIpc) is 1.31. The summed E-state index contributed by atoms with van der Waals surface area (Å²) >= 11 is 0. The smallest absolute Gasteiger partial charge is 0.435 e. The van der Waals surface area contributed by atoms with Gasteiger partial charge < -0.3 is 5.11 Å². The summed E-state index contributed by atoms with van der Waals surface area (Å²) < 4.78 is -0.0278. The second kappa shape index (κ2) is 1.50. The lowest BCUT2D eigenvalue weighted by Crippen LogP contribution is -2.39. The molecule has 7 heavy (non-hydrogen) atoms. The second-order valence-electron chi connectivity index (χ2n) is 2.30. The minimum absolute atomic E-state index is 0.0278. The first-order valence-corrected chi connectivity index (χ1v) is 1.99. The molecule has 0 aromatic carbocycles. The third-order valence-corrected chi connectivity index (χ3v) is 0.574. The number of hydrogen-bond acceptors (Lipinski definition) is 1. The fourth-order valence-electron chi connectivity index (χ4n) is 0. The van der Waals surface area contributed by atoms with E-state index in [-0.39, 0.29) is 4.48 Å². The SMILES string of the molecule is C[N+](C)(C)C(=O)O. The van der Waals surface area contributed by atoms with Gasteiger partial charge in [0.15, 0.2) is 0 Å². The minimum atomic E-state index is -0.819. The predicted molar refractivity (Wildman–Crippen MR) is 26.1 cm³/mol. The van der Waals surface area contributed by atoms with E-state index in [1.54, 1.807) is 21.1 Å². The van der Waals surface area contributed by atoms with Crippen molar-refractivity contribution in [2.24, 2.45) is 0 Å². The zero-order chi connectivity index (χ0) is 6.08. The fourth-order valence-corrected chi connectivity index (χ4v) is 0. The first-order valence-electron chi connectivity index (χ1n) is 1.99. The van der Waals surface area contributed by atoms with Crippen LogP contribution in [0.25, 0.3) is 0 Å². The van der Waals surface area contributed by atoms with Gasteiger partial charge in [0.2, 0.25) is 0 Å². The van der Waals surface area contributed by atoms with Gasteiger partial charge in [-0.15, -0.1) is 0 Å². The molecule has 0 aromatic heterocycles. The molecule has 0 atom stereocenters. The van der Waals surface area contributed by atoms with Crippen molar-refractivity contribution in [2.75, 3.05) is 21.1 Å². The van der Waals surface area contributed by atoms with Gasteiger partial charge >= 0.3 is 6.09 Å². The van der Waals surface area contributed by atoms with Crippen LogP contribution < -0.4 is 0 Å². The Morgan fingerprint density at radius 2 is 1.57 bits per heavy atom. The van der Waals surface area contributed by atoms with Gasteiger partial charge in [-0.05, 0) is 0 Å². The third-order valence-electron chi connectivity index (χ3n) is 0.574. The molecule has 3 heteroatoms. The van der Waals surface area contributed by atoms with E-state index in [4.69, 9.17) is 5.11 Å². The maximum Gasteiger partial charge on any atom is 0.512 e. The molecule has 1 N–H and O–H groups in total. The van der Waals surface area contributed by atoms with Crippen molar-refractivity contribution in [2.45, 2.75) is 0 Å². The van der Waals surface area contributed by atoms with Crippen molar-refractivity contribution < 1.29 is 14.4 Å². The summed E-state index contributed by atoms with van der Waals surface area (Å²) in [7, 11) is 4.80. The lowest BCUT2D eigenvalue weighted by atomic mass is 10.7. The standard InChI is InChI=1S/C4H9NO2/c1-5(2,3)4(6)7/h1-3H3/p+1. The molecule has 0 saturated heterocycles. The Labute approximate surface area is 42.8 Å². The molecule has 42 valence electrons. The Balaban J connectivity index is 3.79. The molecule has 0 aliphatic carbocycles. The van der Waals surface area contributed by atoms with Crippen LogP contribution in [0.3, 0.4) is 0 Å². The molecule has 0 bridgehead atoms. The van der Waals surface area contributed by atoms with Crippen LogP contribution in [0.1, 0.15) is 0 Å². The van der Waals surface area contributed by atoms with Crippen molar-refractivity contribution in [3.8, 4) is 0 Å². The molecule has 1 amide bonds. The third kappa shape index (κ3) is 2.17. The van der Waals surface area contributed by atoms with Gasteiger partial charge in [0.05, 0.1) is 21.1 Å². The van der Waals surface area contributed by atoms with Gasteiger partial charge in [0.25, 0.3) is 0 Å². The van der Waals surface area contributed by atoms with Crippen molar-refractivity contribution in [3.05, 3.63) is 0 Å². The molecule has 3 nitrogen and oxygen atoms in total. The molecule has 0 rings (SSSR count). The summed E-state index contributed by atoms with van der Waals surface area (Å²) in [4.78, 5) is 9.99. The van der Waals surface area contributed by atoms with E-state index >= 15 is 0 Å². The van der Waals surface area contributed by atoms with Crippen LogP contribution >= 0.6 is 0 Å². The highest BCUT2D eigenvalue weighted by Crippen LogP contribution is 1.87. The lowest BCUT2D eigenvalue weighted by Gasteiger charge is -2.14. The van der Waals surface area contributed by atoms with Crippen LogP contribution in [-0.4, -0.2) is 36.8 Å². The highest BCUT2D eigenvalue weighted by atomic mass is 16.4. The number of quaternary nitrogens is 1. The highest BCUT2D eigenvalue weighted by molar-refractivity contribution is 5.55. The van der Waals surface area contributed by atoms with Gasteiger partial charge in [-0.3, -0.25) is 0 Å². The summed E-state index contributed by atoms with van der Waals surface area (Å²) in [5, 5.41) is 8.22. The Hall–Kier alpha value is -0.570. The van der Waals surface area contributed by atoms with E-state index in [9.17, 15) is 4.79 Å². The molecule has 0 fully saturated rings. The molecule has 0 heterocycles. The largest absolute Gasteiger partial charge is 0.512 e. The van der Waals surface area contributed by atoms with Crippen LogP contribution in [-0.2, 0) is 0 Å². The summed E-state index contributed by atoms with van der Waals surface area (Å²) in [5.41, 5.74) is 0. The number of amides is 1. The zero-order valence-corrected chi connectivity index (χ0v) is 4.80. The first kappa shape index (κ1) is 6.43. The molecule has 0 saturated carbocycles. The van der Waals surface area contributed by atoms with E-state index in [1.807, 2.05) is 0 Å². The van der Waals surface area contributed by atoms with Gasteiger partial charge in [-0.1, -0.05) is 0 Å². The Bertz CT molecular complexity index is 82.2. The Morgan fingerprint density at radius 1 is 1.43 bits per heavy atom. The second-order valence-corrected chi connectivity index (χ2v) is 2.30. The van der Waals surface area contributed by atoms with Crippen molar-refractivity contribution in [1.82, 2.24) is 0 Å². The van der Waals surface area contributed by atoms with E-state index in [0.717, 1.165) is 0 Å². The van der Waals surface area contributed by atoms with Crippen LogP contribution in [0.5, 0.6) is 0 Å². The zero-order valence-electron chi connectivity index (χ0n) is 4.80. The molecule has 0 unspecified atom stereocenters. The molecular formula is C4H10NO2+. The summed E-state index contributed by atoms with van der Waals surface area (Å²) in [6.45, 7) is 0. The quantitative estimate of drug-likeness (QED) is 0.451. The summed E-state index contributed by atoms with van der Waals surface area (Å²) in [5.74, 6) is 0. The topological polar surface area (TPSA) is 37.3 Å². The highest BCUT2D eigenvalue weighted by Gasteiger charge is 2.16. The maximum absolute atomic E-state index is 9.99. The number of carbonyl (C=O) groups is 1. The minimum Gasteiger partial charge on any atom is -0.435 e. The normalized spacial score (nSPS) is 11.3. The molecule has 0 aliphatic heterocycles. The number of carboxylic acid groups (broad SMARTS) is 1. The monoisotopic (exact) mass is 104 g/mol. The van der Waals surface area contributed by atoms with E-state index in [1.165, 1.54) is 0 Å². The average molecular weight is 104 g/mol. The summed E-state index contributed by atoms with van der Waals surface area (Å²) in [6.07, 6.45) is -0.819. The van der Waals surface area contributed by atoms with E-state index in [0.29, 0.717) is 0 Å². The number of nitrogens with zero attached hydrogens (tertiary/aromatic N) is 1. The fraction of sp³-hybridized carbons (Fsp3) is 0.750. The van der Waals surface area contributed by atoms with Crippen molar-refractivity contribution in [1.29, 1.82) is 0 Å². The maximum atomic E-state index is 9.99. The molecule has 0 aromatic rings. The van der Waals surface area contributed by atoms with E-state index < -0.39 is 6.09 Å². The lowest BCUT2D eigenvalue weighted by molar-refractivity contribution is -0.794. The van der Waals surface area contributed by atoms with E-state index in [2.05, 4.69) is 0 Å². The van der Waals surface area contributed by atoms with Gasteiger partial charge in [0.1, 0.15) is 0 Å². The predicted octanol–water partition coefficient (Wildman–Crippen LogP) is 0.371. The van der Waals surface area contributed by atoms with Crippen LogP contribution in [0.2, 0.25) is 0 Å². The first-order chi connectivity index (χ1) is 2.94. The number of hydrogen-bond donors (Lipinski definition) is 1. The number of rotatable bonds is 0. The van der Waals surface area contributed by atoms with Crippen molar-refractivity contribution >= 4 is 6.09 Å². The van der Waals surface area contributed by atoms with Crippen molar-refractivity contribution in [3.63, 3.8) is 0 Å². The summed E-state index contributed by atoms with van der Waals surface area (Å²) in [6, 6.07) is 0. The van der Waals surface area contributed by atoms with Gasteiger partial charge in [-0.2, -0.15) is 4.79 Å².